The van der Waals surface area contributed by atoms with Gasteiger partial charge in [-0.1, -0.05) is 12.1 Å². The van der Waals surface area contributed by atoms with Crippen molar-refractivity contribution in [1.29, 1.82) is 0 Å². The van der Waals surface area contributed by atoms with E-state index in [0.29, 0.717) is 23.6 Å². The van der Waals surface area contributed by atoms with Crippen LogP contribution in [0.15, 0.2) is 18.2 Å². The van der Waals surface area contributed by atoms with Crippen molar-refractivity contribution in [3.63, 3.8) is 0 Å². The first kappa shape index (κ1) is 14.7. The number of Topliss-reactive ketones (excluding diaryl/α,β-unsaturated/α-hetero) is 1. The topological polar surface area (TPSA) is 55.4 Å². The molecule has 1 aromatic rings. The molecule has 0 spiro atoms. The number of amides is 1. The van der Waals surface area contributed by atoms with Crippen LogP contribution in [0.25, 0.3) is 0 Å². The van der Waals surface area contributed by atoms with Gasteiger partial charge in [0, 0.05) is 25.2 Å². The van der Waals surface area contributed by atoms with Gasteiger partial charge in [0.2, 0.25) is 5.91 Å². The molecule has 0 radical (unpaired) electrons. The Balaban J connectivity index is 1.96. The highest BCUT2D eigenvalue weighted by Gasteiger charge is 2.18. The molecular formula is C16H21NO3. The Morgan fingerprint density at radius 3 is 2.85 bits per heavy atom. The first-order valence-corrected chi connectivity index (χ1v) is 7.06. The first-order valence-electron chi connectivity index (χ1n) is 7.06. The molecule has 1 atom stereocenters. The van der Waals surface area contributed by atoms with Gasteiger partial charge in [0.1, 0.15) is 0 Å². The lowest BCUT2D eigenvalue weighted by Gasteiger charge is -2.12. The van der Waals surface area contributed by atoms with Crippen LogP contribution in [0, 0.1) is 12.8 Å². The van der Waals surface area contributed by atoms with Gasteiger partial charge in [0.05, 0.1) is 5.69 Å². The fraction of sp³-hybridized carbons (Fsp3) is 0.500. The number of hydrogen-bond acceptors (Lipinski definition) is 3. The molecule has 1 N–H and O–H groups in total. The lowest BCUT2D eigenvalue weighted by atomic mass is 10.0. The van der Waals surface area contributed by atoms with E-state index in [4.69, 9.17) is 4.74 Å². The molecule has 4 heteroatoms. The van der Waals surface area contributed by atoms with Gasteiger partial charge in [0.15, 0.2) is 5.78 Å². The second kappa shape index (κ2) is 6.66. The Morgan fingerprint density at radius 2 is 2.20 bits per heavy atom. The zero-order chi connectivity index (χ0) is 14.5. The second-order valence-electron chi connectivity index (χ2n) is 5.37. The molecule has 1 aromatic carbocycles. The minimum atomic E-state index is -0.0370. The smallest absolute Gasteiger partial charge is 0.224 e. The predicted molar refractivity (Wildman–Crippen MR) is 78.0 cm³/mol. The maximum absolute atomic E-state index is 12.0. The highest BCUT2D eigenvalue weighted by Crippen LogP contribution is 2.22. The molecule has 1 aliphatic rings. The van der Waals surface area contributed by atoms with Crippen molar-refractivity contribution >= 4 is 17.4 Å². The third kappa shape index (κ3) is 3.67. The molecular weight excluding hydrogens is 254 g/mol. The molecule has 1 unspecified atom stereocenters. The molecule has 1 heterocycles. The van der Waals surface area contributed by atoms with E-state index in [0.717, 1.165) is 31.6 Å². The number of aryl methyl sites for hydroxylation is 1. The molecule has 2 rings (SSSR count). The summed E-state index contributed by atoms with van der Waals surface area (Å²) in [5, 5.41) is 2.86. The quantitative estimate of drug-likeness (QED) is 0.841. The van der Waals surface area contributed by atoms with Crippen LogP contribution in [0.2, 0.25) is 0 Å². The number of nitrogens with one attached hydrogen (secondary N) is 1. The van der Waals surface area contributed by atoms with E-state index in [1.54, 1.807) is 6.07 Å². The Labute approximate surface area is 119 Å². The molecule has 4 nitrogen and oxygen atoms in total. The van der Waals surface area contributed by atoms with Crippen molar-refractivity contribution in [3.8, 4) is 0 Å². The summed E-state index contributed by atoms with van der Waals surface area (Å²) in [6.07, 6.45) is 2.35. The molecule has 0 aromatic heterocycles. The van der Waals surface area contributed by atoms with Gasteiger partial charge in [0.25, 0.3) is 0 Å². The van der Waals surface area contributed by atoms with Gasteiger partial charge in [-0.05, 0) is 44.2 Å². The summed E-state index contributed by atoms with van der Waals surface area (Å²) in [5.41, 5.74) is 2.11. The molecule has 108 valence electrons. The molecule has 0 saturated carbocycles. The van der Waals surface area contributed by atoms with Crippen molar-refractivity contribution in [1.82, 2.24) is 0 Å². The molecule has 0 aliphatic carbocycles. The number of ketones is 1. The highest BCUT2D eigenvalue weighted by molar-refractivity contribution is 6.04. The number of ether oxygens (including phenoxy) is 1. The highest BCUT2D eigenvalue weighted by atomic mass is 16.5. The van der Waals surface area contributed by atoms with Crippen LogP contribution in [0.1, 0.15) is 42.1 Å². The van der Waals surface area contributed by atoms with Gasteiger partial charge < -0.3 is 10.1 Å². The van der Waals surface area contributed by atoms with Gasteiger partial charge in [-0.15, -0.1) is 0 Å². The summed E-state index contributed by atoms with van der Waals surface area (Å²) in [4.78, 5) is 23.7. The zero-order valence-corrected chi connectivity index (χ0v) is 12.1. The van der Waals surface area contributed by atoms with Crippen LogP contribution < -0.4 is 5.32 Å². The van der Waals surface area contributed by atoms with E-state index in [1.165, 1.54) is 6.92 Å². The summed E-state index contributed by atoms with van der Waals surface area (Å²) < 4.78 is 5.30. The molecule has 1 saturated heterocycles. The van der Waals surface area contributed by atoms with Crippen LogP contribution in [-0.4, -0.2) is 24.9 Å². The summed E-state index contributed by atoms with van der Waals surface area (Å²) in [6, 6.07) is 5.50. The number of hydrogen-bond donors (Lipinski definition) is 1. The van der Waals surface area contributed by atoms with E-state index in [1.807, 2.05) is 19.1 Å². The predicted octanol–water partition coefficient (Wildman–Crippen LogP) is 2.95. The summed E-state index contributed by atoms with van der Waals surface area (Å²) in [7, 11) is 0. The fourth-order valence-electron chi connectivity index (χ4n) is 2.60. The average Bonchev–Trinajstić information content (AvgIpc) is 2.89. The third-order valence-corrected chi connectivity index (χ3v) is 3.70. The maximum atomic E-state index is 12.0. The van der Waals surface area contributed by atoms with Crippen LogP contribution in [0.3, 0.4) is 0 Å². The van der Waals surface area contributed by atoms with Crippen molar-refractivity contribution in [2.45, 2.75) is 33.1 Å². The summed E-state index contributed by atoms with van der Waals surface area (Å²) in [5.74, 6) is 0.429. The summed E-state index contributed by atoms with van der Waals surface area (Å²) in [6.45, 7) is 4.96. The van der Waals surface area contributed by atoms with Crippen LogP contribution >= 0.6 is 0 Å². The Kier molecular flexibility index (Phi) is 4.90. The molecule has 1 fully saturated rings. The number of carbonyl (C=O) groups is 2. The number of rotatable bonds is 5. The second-order valence-corrected chi connectivity index (χ2v) is 5.37. The van der Waals surface area contributed by atoms with E-state index in [-0.39, 0.29) is 11.7 Å². The van der Waals surface area contributed by atoms with Gasteiger partial charge in [-0.2, -0.15) is 0 Å². The normalized spacial score (nSPS) is 18.0. The molecule has 0 bridgehead atoms. The van der Waals surface area contributed by atoms with Gasteiger partial charge in [-0.25, -0.2) is 0 Å². The Hall–Kier alpha value is -1.68. The largest absolute Gasteiger partial charge is 0.381 e. The lowest BCUT2D eigenvalue weighted by molar-refractivity contribution is -0.116. The van der Waals surface area contributed by atoms with Crippen LogP contribution in [-0.2, 0) is 9.53 Å². The summed E-state index contributed by atoms with van der Waals surface area (Å²) >= 11 is 0. The standard InChI is InChI=1S/C16H21NO3/c1-11-4-3-5-14(16(11)12(2)18)17-15(19)7-6-13-8-9-20-10-13/h3-5,13H,6-10H2,1-2H3,(H,17,19). The Bertz CT molecular complexity index is 504. The zero-order valence-electron chi connectivity index (χ0n) is 12.1. The van der Waals surface area contributed by atoms with Crippen molar-refractivity contribution in [2.75, 3.05) is 18.5 Å². The minimum Gasteiger partial charge on any atom is -0.381 e. The van der Waals surface area contributed by atoms with E-state index in [2.05, 4.69) is 5.32 Å². The fourth-order valence-corrected chi connectivity index (χ4v) is 2.60. The van der Waals surface area contributed by atoms with Gasteiger partial charge in [-0.3, -0.25) is 9.59 Å². The molecule has 1 aliphatic heterocycles. The maximum Gasteiger partial charge on any atom is 0.224 e. The SMILES string of the molecule is CC(=O)c1c(C)cccc1NC(=O)CCC1CCOC1. The van der Waals surface area contributed by atoms with E-state index < -0.39 is 0 Å². The van der Waals surface area contributed by atoms with Crippen molar-refractivity contribution in [3.05, 3.63) is 29.3 Å². The van der Waals surface area contributed by atoms with Crippen molar-refractivity contribution in [2.24, 2.45) is 5.92 Å². The minimum absolute atomic E-state index is 0.0254. The average molecular weight is 275 g/mol. The van der Waals surface area contributed by atoms with Gasteiger partial charge >= 0.3 is 0 Å². The molecule has 1 amide bonds. The number of anilines is 1. The first-order chi connectivity index (χ1) is 9.58. The Morgan fingerprint density at radius 1 is 1.40 bits per heavy atom. The third-order valence-electron chi connectivity index (χ3n) is 3.70. The van der Waals surface area contributed by atoms with Crippen LogP contribution in [0.4, 0.5) is 5.69 Å². The van der Waals surface area contributed by atoms with Crippen LogP contribution in [0.5, 0.6) is 0 Å². The van der Waals surface area contributed by atoms with E-state index in [9.17, 15) is 9.59 Å². The monoisotopic (exact) mass is 275 g/mol. The van der Waals surface area contributed by atoms with E-state index >= 15 is 0 Å². The van der Waals surface area contributed by atoms with Crippen molar-refractivity contribution < 1.29 is 14.3 Å². The molecule has 20 heavy (non-hydrogen) atoms. The number of benzene rings is 1. The number of carbonyl (C=O) groups excluding carboxylic acids is 2. The lowest BCUT2D eigenvalue weighted by Crippen LogP contribution is -2.16.